The number of alkyl halides is 2. The zero-order valence-corrected chi connectivity index (χ0v) is 12.1. The van der Waals surface area contributed by atoms with Gasteiger partial charge in [-0.3, -0.25) is 4.79 Å². The highest BCUT2D eigenvalue weighted by Crippen LogP contribution is 2.39. The van der Waals surface area contributed by atoms with E-state index in [0.717, 1.165) is 24.8 Å². The molecule has 1 aromatic heterocycles. The lowest BCUT2D eigenvalue weighted by atomic mass is 9.89. The first-order valence-electron chi connectivity index (χ1n) is 5.66. The maximum Gasteiger partial charge on any atom is 0.258 e. The number of carbonyl (C=O) groups excluding carboxylic acids is 1. The fraction of sp³-hybridized carbons (Fsp3) is 0.500. The Kier molecular flexibility index (Phi) is 4.16. The van der Waals surface area contributed by atoms with Gasteiger partial charge in [-0.1, -0.05) is 30.1 Å². The van der Waals surface area contributed by atoms with Crippen molar-refractivity contribution in [1.29, 1.82) is 5.26 Å². The lowest BCUT2D eigenvalue weighted by Crippen LogP contribution is -2.18. The summed E-state index contributed by atoms with van der Waals surface area (Å²) < 4.78 is 0. The van der Waals surface area contributed by atoms with E-state index in [9.17, 15) is 10.1 Å². The zero-order valence-electron chi connectivity index (χ0n) is 9.80. The van der Waals surface area contributed by atoms with Crippen LogP contribution >= 0.6 is 34.5 Å². The van der Waals surface area contributed by atoms with Gasteiger partial charge in [-0.15, -0.1) is 11.3 Å². The van der Waals surface area contributed by atoms with E-state index in [1.54, 1.807) is 0 Å². The van der Waals surface area contributed by atoms with Crippen LogP contribution in [0.5, 0.6) is 0 Å². The van der Waals surface area contributed by atoms with E-state index in [2.05, 4.69) is 18.3 Å². The number of fused-ring (bicyclic) bond motifs is 1. The van der Waals surface area contributed by atoms with E-state index in [-0.39, 0.29) is 0 Å². The summed E-state index contributed by atoms with van der Waals surface area (Å²) in [5.41, 5.74) is 1.65. The first-order valence-corrected chi connectivity index (χ1v) is 7.35. The van der Waals surface area contributed by atoms with Gasteiger partial charge >= 0.3 is 0 Å². The molecule has 1 heterocycles. The van der Waals surface area contributed by atoms with E-state index < -0.39 is 10.7 Å². The van der Waals surface area contributed by atoms with Crippen LogP contribution in [0.4, 0.5) is 5.00 Å². The second-order valence-corrected chi connectivity index (χ2v) is 6.66. The Balaban J connectivity index is 2.32. The molecule has 0 saturated heterocycles. The molecule has 1 N–H and O–H groups in total. The number of anilines is 1. The van der Waals surface area contributed by atoms with Crippen LogP contribution < -0.4 is 5.32 Å². The minimum atomic E-state index is -1.12. The standard InChI is InChI=1S/C12H12Cl2N2OS/c1-6-2-3-7-8(5-15)12(18-9(7)4-6)16-11(17)10(13)14/h6,10H,2-4H2,1H3,(H,16,17). The van der Waals surface area contributed by atoms with Gasteiger partial charge < -0.3 is 5.32 Å². The molecule has 1 aromatic rings. The molecule has 1 amide bonds. The molecule has 1 aliphatic rings. The van der Waals surface area contributed by atoms with Crippen molar-refractivity contribution in [2.24, 2.45) is 5.92 Å². The molecule has 1 unspecified atom stereocenters. The first-order chi connectivity index (χ1) is 8.52. The van der Waals surface area contributed by atoms with Crippen molar-refractivity contribution in [3.63, 3.8) is 0 Å². The van der Waals surface area contributed by atoms with E-state index in [0.29, 0.717) is 16.5 Å². The van der Waals surface area contributed by atoms with Crippen molar-refractivity contribution in [1.82, 2.24) is 0 Å². The summed E-state index contributed by atoms with van der Waals surface area (Å²) in [6.45, 7) is 2.19. The molecular formula is C12H12Cl2N2OS. The minimum Gasteiger partial charge on any atom is -0.314 e. The van der Waals surface area contributed by atoms with E-state index in [4.69, 9.17) is 23.2 Å². The predicted octanol–water partition coefficient (Wildman–Crippen LogP) is 3.49. The number of hydrogen-bond donors (Lipinski definition) is 1. The van der Waals surface area contributed by atoms with E-state index in [1.165, 1.54) is 16.2 Å². The average molecular weight is 303 g/mol. The van der Waals surface area contributed by atoms with Gasteiger partial charge in [0, 0.05) is 4.88 Å². The van der Waals surface area contributed by atoms with Gasteiger partial charge in [0.25, 0.3) is 5.91 Å². The van der Waals surface area contributed by atoms with Crippen LogP contribution in [0, 0.1) is 17.2 Å². The van der Waals surface area contributed by atoms with Crippen molar-refractivity contribution >= 4 is 45.4 Å². The zero-order chi connectivity index (χ0) is 13.3. The lowest BCUT2D eigenvalue weighted by molar-refractivity contribution is -0.114. The van der Waals surface area contributed by atoms with Crippen molar-refractivity contribution in [2.45, 2.75) is 31.0 Å². The summed E-state index contributed by atoms with van der Waals surface area (Å²) in [6.07, 6.45) is 2.95. The van der Waals surface area contributed by atoms with Crippen molar-refractivity contribution < 1.29 is 4.79 Å². The Morgan fingerprint density at radius 3 is 2.94 bits per heavy atom. The number of nitrogens with zero attached hydrogens (tertiary/aromatic N) is 1. The molecule has 0 bridgehead atoms. The van der Waals surface area contributed by atoms with Gasteiger partial charge in [-0.2, -0.15) is 5.26 Å². The van der Waals surface area contributed by atoms with Crippen LogP contribution in [0.25, 0.3) is 0 Å². The number of nitriles is 1. The number of halogens is 2. The average Bonchev–Trinajstić information content (AvgIpc) is 2.64. The summed E-state index contributed by atoms with van der Waals surface area (Å²) in [4.78, 5) is 11.6. The normalized spacial score (nSPS) is 18.3. The van der Waals surface area contributed by atoms with Crippen LogP contribution in [0.1, 0.15) is 29.3 Å². The summed E-state index contributed by atoms with van der Waals surface area (Å²) in [7, 11) is 0. The summed E-state index contributed by atoms with van der Waals surface area (Å²) in [6, 6.07) is 2.17. The smallest absolute Gasteiger partial charge is 0.258 e. The largest absolute Gasteiger partial charge is 0.314 e. The maximum absolute atomic E-state index is 11.5. The number of nitrogens with one attached hydrogen (secondary N) is 1. The van der Waals surface area contributed by atoms with Crippen molar-refractivity contribution in [2.75, 3.05) is 5.32 Å². The molecule has 0 aromatic carbocycles. The molecule has 2 rings (SSSR count). The van der Waals surface area contributed by atoms with Gasteiger partial charge in [0.2, 0.25) is 0 Å². The second-order valence-electron chi connectivity index (χ2n) is 4.46. The molecule has 0 fully saturated rings. The highest BCUT2D eigenvalue weighted by atomic mass is 35.5. The molecule has 0 aliphatic heterocycles. The molecule has 96 valence electrons. The van der Waals surface area contributed by atoms with Gasteiger partial charge in [0.15, 0.2) is 4.84 Å². The minimum absolute atomic E-state index is 0.485. The SMILES string of the molecule is CC1CCc2c(sc(NC(=O)C(Cl)Cl)c2C#N)C1. The molecule has 1 atom stereocenters. The monoisotopic (exact) mass is 302 g/mol. The number of amides is 1. The number of thiophene rings is 1. The third-order valence-corrected chi connectivity index (χ3v) is 4.62. The Morgan fingerprint density at radius 1 is 1.61 bits per heavy atom. The Labute approximate surface area is 120 Å². The summed E-state index contributed by atoms with van der Waals surface area (Å²) >= 11 is 12.5. The third-order valence-electron chi connectivity index (χ3n) is 3.06. The maximum atomic E-state index is 11.5. The highest BCUT2D eigenvalue weighted by molar-refractivity contribution is 7.16. The van der Waals surface area contributed by atoms with Gasteiger partial charge in [0.1, 0.15) is 11.1 Å². The molecule has 0 radical (unpaired) electrons. The number of hydrogen-bond acceptors (Lipinski definition) is 3. The lowest BCUT2D eigenvalue weighted by Gasteiger charge is -2.17. The van der Waals surface area contributed by atoms with Crippen molar-refractivity contribution in [3.8, 4) is 6.07 Å². The fourth-order valence-electron chi connectivity index (χ4n) is 2.12. The van der Waals surface area contributed by atoms with Crippen LogP contribution in [-0.4, -0.2) is 10.7 Å². The fourth-order valence-corrected chi connectivity index (χ4v) is 3.60. The second kappa shape index (κ2) is 5.48. The van der Waals surface area contributed by atoms with Gasteiger partial charge in [0.05, 0.1) is 5.56 Å². The molecule has 1 aliphatic carbocycles. The molecular weight excluding hydrogens is 291 g/mol. The molecule has 0 spiro atoms. The Hall–Kier alpha value is -0.760. The number of carbonyl (C=O) groups is 1. The molecule has 3 nitrogen and oxygen atoms in total. The predicted molar refractivity (Wildman–Crippen MR) is 74.3 cm³/mol. The Morgan fingerprint density at radius 2 is 2.33 bits per heavy atom. The topological polar surface area (TPSA) is 52.9 Å². The van der Waals surface area contributed by atoms with Gasteiger partial charge in [-0.05, 0) is 30.7 Å². The van der Waals surface area contributed by atoms with Crippen LogP contribution in [0.15, 0.2) is 0 Å². The summed E-state index contributed by atoms with van der Waals surface area (Å²) in [5, 5.41) is 12.4. The molecule has 0 saturated carbocycles. The number of rotatable bonds is 2. The first kappa shape index (κ1) is 13.7. The van der Waals surface area contributed by atoms with Crippen LogP contribution in [0.3, 0.4) is 0 Å². The highest BCUT2D eigenvalue weighted by Gasteiger charge is 2.25. The third kappa shape index (κ3) is 2.64. The molecule has 18 heavy (non-hydrogen) atoms. The van der Waals surface area contributed by atoms with E-state index in [1.807, 2.05) is 0 Å². The van der Waals surface area contributed by atoms with Crippen molar-refractivity contribution in [3.05, 3.63) is 16.0 Å². The molecule has 6 heteroatoms. The Bertz CT molecular complexity index is 519. The van der Waals surface area contributed by atoms with Crippen LogP contribution in [-0.2, 0) is 17.6 Å². The van der Waals surface area contributed by atoms with Gasteiger partial charge in [-0.25, -0.2) is 0 Å². The van der Waals surface area contributed by atoms with Crippen LogP contribution in [0.2, 0.25) is 0 Å². The quantitative estimate of drug-likeness (QED) is 0.850. The van der Waals surface area contributed by atoms with E-state index >= 15 is 0 Å². The summed E-state index contributed by atoms with van der Waals surface area (Å²) in [5.74, 6) is 0.140.